The number of hydrogen-bond acceptors (Lipinski definition) is 2. The van der Waals surface area contributed by atoms with Gasteiger partial charge in [0.25, 0.3) is 0 Å². The molecule has 0 N–H and O–H groups in total. The van der Waals surface area contributed by atoms with Gasteiger partial charge >= 0.3 is 0 Å². The van der Waals surface area contributed by atoms with E-state index in [0.29, 0.717) is 18.4 Å². The molecule has 4 heteroatoms. The second-order valence-electron chi connectivity index (χ2n) is 2.49. The van der Waals surface area contributed by atoms with Crippen LogP contribution in [0.2, 0.25) is 5.02 Å². The predicted molar refractivity (Wildman–Crippen MR) is 55.8 cm³/mol. The molecule has 1 rings (SSSR count). The van der Waals surface area contributed by atoms with Gasteiger partial charge in [-0.15, -0.1) is 0 Å². The SMILES string of the molecule is COCOCc1cc(Cl)ccc1Br. The van der Waals surface area contributed by atoms with Gasteiger partial charge in [-0.3, -0.25) is 0 Å². The molecule has 0 atom stereocenters. The summed E-state index contributed by atoms with van der Waals surface area (Å²) in [6, 6.07) is 5.58. The maximum atomic E-state index is 5.82. The van der Waals surface area contributed by atoms with Gasteiger partial charge in [0, 0.05) is 16.6 Å². The smallest absolute Gasteiger partial charge is 0.146 e. The molecule has 0 spiro atoms. The summed E-state index contributed by atoms with van der Waals surface area (Å²) in [5.41, 5.74) is 1.02. The molecule has 0 fully saturated rings. The Morgan fingerprint density at radius 2 is 2.23 bits per heavy atom. The van der Waals surface area contributed by atoms with Crippen LogP contribution in [0.3, 0.4) is 0 Å². The molecule has 0 saturated heterocycles. The average molecular weight is 266 g/mol. The molecular formula is C9H10BrClO2. The van der Waals surface area contributed by atoms with Crippen LogP contribution in [0.25, 0.3) is 0 Å². The van der Waals surface area contributed by atoms with Crippen molar-refractivity contribution in [3.63, 3.8) is 0 Å². The quantitative estimate of drug-likeness (QED) is 0.615. The van der Waals surface area contributed by atoms with E-state index in [4.69, 9.17) is 21.1 Å². The molecule has 0 aliphatic heterocycles. The molecule has 0 radical (unpaired) electrons. The number of methoxy groups -OCH3 is 1. The van der Waals surface area contributed by atoms with Crippen molar-refractivity contribution in [2.45, 2.75) is 6.61 Å². The van der Waals surface area contributed by atoms with Crippen LogP contribution in [0.15, 0.2) is 22.7 Å². The average Bonchev–Trinajstić information content (AvgIpc) is 2.11. The second kappa shape index (κ2) is 5.60. The Morgan fingerprint density at radius 3 is 2.92 bits per heavy atom. The molecule has 0 aliphatic rings. The topological polar surface area (TPSA) is 18.5 Å². The van der Waals surface area contributed by atoms with Crippen LogP contribution in [-0.4, -0.2) is 13.9 Å². The van der Waals surface area contributed by atoms with Crippen LogP contribution in [-0.2, 0) is 16.1 Å². The third-order valence-corrected chi connectivity index (χ3v) is 2.48. The Hall–Kier alpha value is -0.0900. The minimum atomic E-state index is 0.291. The zero-order valence-corrected chi connectivity index (χ0v) is 9.56. The van der Waals surface area contributed by atoms with Crippen molar-refractivity contribution < 1.29 is 9.47 Å². The first-order valence-electron chi connectivity index (χ1n) is 3.74. The summed E-state index contributed by atoms with van der Waals surface area (Å²) < 4.78 is 11.0. The molecule has 0 saturated carbocycles. The van der Waals surface area contributed by atoms with Gasteiger partial charge in [-0.05, 0) is 23.8 Å². The molecular weight excluding hydrogens is 255 g/mol. The number of rotatable bonds is 4. The molecule has 0 aromatic heterocycles. The van der Waals surface area contributed by atoms with Gasteiger partial charge in [0.05, 0.1) is 6.61 Å². The Kier molecular flexibility index (Phi) is 4.73. The van der Waals surface area contributed by atoms with Gasteiger partial charge in [-0.2, -0.15) is 0 Å². The van der Waals surface area contributed by atoms with Gasteiger partial charge < -0.3 is 9.47 Å². The van der Waals surface area contributed by atoms with Crippen molar-refractivity contribution in [2.24, 2.45) is 0 Å². The van der Waals surface area contributed by atoms with Gasteiger partial charge in [0.2, 0.25) is 0 Å². The van der Waals surface area contributed by atoms with Crippen molar-refractivity contribution in [3.05, 3.63) is 33.3 Å². The van der Waals surface area contributed by atoms with Crippen molar-refractivity contribution in [1.82, 2.24) is 0 Å². The van der Waals surface area contributed by atoms with Gasteiger partial charge in [-0.1, -0.05) is 27.5 Å². The fourth-order valence-corrected chi connectivity index (χ4v) is 1.44. The number of ether oxygens (including phenoxy) is 2. The normalized spacial score (nSPS) is 10.4. The predicted octanol–water partition coefficient (Wildman–Crippen LogP) is 3.22. The zero-order chi connectivity index (χ0) is 9.68. The van der Waals surface area contributed by atoms with E-state index >= 15 is 0 Å². The van der Waals surface area contributed by atoms with Crippen LogP contribution in [0, 0.1) is 0 Å². The van der Waals surface area contributed by atoms with Crippen molar-refractivity contribution in [3.8, 4) is 0 Å². The van der Waals surface area contributed by atoms with Crippen LogP contribution in [0.4, 0.5) is 0 Å². The standard InChI is InChI=1S/C9H10BrClO2/c1-12-6-13-5-7-4-8(11)2-3-9(7)10/h2-4H,5-6H2,1H3. The van der Waals surface area contributed by atoms with Crippen LogP contribution >= 0.6 is 27.5 Å². The van der Waals surface area contributed by atoms with E-state index in [0.717, 1.165) is 10.0 Å². The monoisotopic (exact) mass is 264 g/mol. The van der Waals surface area contributed by atoms with E-state index in [1.54, 1.807) is 7.11 Å². The zero-order valence-electron chi connectivity index (χ0n) is 7.22. The fourth-order valence-electron chi connectivity index (χ4n) is 0.889. The van der Waals surface area contributed by atoms with Gasteiger partial charge in [0.15, 0.2) is 0 Å². The number of halogens is 2. The van der Waals surface area contributed by atoms with Gasteiger partial charge in [-0.25, -0.2) is 0 Å². The molecule has 13 heavy (non-hydrogen) atoms. The number of benzene rings is 1. The minimum absolute atomic E-state index is 0.291. The Balaban J connectivity index is 2.59. The highest BCUT2D eigenvalue weighted by Crippen LogP contribution is 2.21. The first kappa shape index (κ1) is 11.0. The third-order valence-electron chi connectivity index (χ3n) is 1.47. The summed E-state index contributed by atoms with van der Waals surface area (Å²) in [5, 5.41) is 0.708. The largest absolute Gasteiger partial charge is 0.359 e. The maximum absolute atomic E-state index is 5.82. The summed E-state index contributed by atoms with van der Waals surface area (Å²) in [7, 11) is 1.59. The molecule has 0 heterocycles. The lowest BCUT2D eigenvalue weighted by Gasteiger charge is -2.05. The third kappa shape index (κ3) is 3.65. The molecule has 1 aromatic carbocycles. The van der Waals surface area contributed by atoms with E-state index in [-0.39, 0.29) is 0 Å². The van der Waals surface area contributed by atoms with Crippen LogP contribution in [0.1, 0.15) is 5.56 Å². The molecule has 0 amide bonds. The van der Waals surface area contributed by atoms with E-state index < -0.39 is 0 Å². The van der Waals surface area contributed by atoms with Crippen molar-refractivity contribution >= 4 is 27.5 Å². The highest BCUT2D eigenvalue weighted by atomic mass is 79.9. The highest BCUT2D eigenvalue weighted by Gasteiger charge is 2.00. The van der Waals surface area contributed by atoms with Gasteiger partial charge in [0.1, 0.15) is 6.79 Å². The lowest BCUT2D eigenvalue weighted by molar-refractivity contribution is -0.0392. The molecule has 0 unspecified atom stereocenters. The lowest BCUT2D eigenvalue weighted by Crippen LogP contribution is -1.97. The summed E-state index contributed by atoms with van der Waals surface area (Å²) in [6.45, 7) is 0.786. The second-order valence-corrected chi connectivity index (χ2v) is 3.78. The van der Waals surface area contributed by atoms with E-state index in [1.807, 2.05) is 18.2 Å². The maximum Gasteiger partial charge on any atom is 0.146 e. The lowest BCUT2D eigenvalue weighted by atomic mass is 10.2. The summed E-state index contributed by atoms with van der Waals surface area (Å²) in [5.74, 6) is 0. The van der Waals surface area contributed by atoms with E-state index in [2.05, 4.69) is 15.9 Å². The van der Waals surface area contributed by atoms with Crippen molar-refractivity contribution in [2.75, 3.05) is 13.9 Å². The fraction of sp³-hybridized carbons (Fsp3) is 0.333. The van der Waals surface area contributed by atoms with E-state index in [1.165, 1.54) is 0 Å². The Morgan fingerprint density at radius 1 is 1.46 bits per heavy atom. The Labute approximate surface area is 90.9 Å². The molecule has 0 bridgehead atoms. The molecule has 72 valence electrons. The van der Waals surface area contributed by atoms with Crippen LogP contribution < -0.4 is 0 Å². The summed E-state index contributed by atoms with van der Waals surface area (Å²) in [4.78, 5) is 0. The Bertz CT molecular complexity index is 278. The minimum Gasteiger partial charge on any atom is -0.359 e. The first-order chi connectivity index (χ1) is 6.24. The first-order valence-corrected chi connectivity index (χ1v) is 4.91. The summed E-state index contributed by atoms with van der Waals surface area (Å²) >= 11 is 9.23. The summed E-state index contributed by atoms with van der Waals surface area (Å²) in [6.07, 6.45) is 0. The molecule has 1 aromatic rings. The van der Waals surface area contributed by atoms with E-state index in [9.17, 15) is 0 Å². The molecule has 2 nitrogen and oxygen atoms in total. The number of hydrogen-bond donors (Lipinski definition) is 0. The van der Waals surface area contributed by atoms with Crippen molar-refractivity contribution in [1.29, 1.82) is 0 Å². The molecule has 0 aliphatic carbocycles. The highest BCUT2D eigenvalue weighted by molar-refractivity contribution is 9.10. The van der Waals surface area contributed by atoms with Crippen LogP contribution in [0.5, 0.6) is 0 Å².